The minimum atomic E-state index is -0.285. The summed E-state index contributed by atoms with van der Waals surface area (Å²) in [7, 11) is 0. The molecule has 4 nitrogen and oxygen atoms in total. The lowest BCUT2D eigenvalue weighted by atomic mass is 10.2. The van der Waals surface area contributed by atoms with Crippen LogP contribution in [0.4, 0.5) is 0 Å². The van der Waals surface area contributed by atoms with E-state index in [1.165, 1.54) is 6.08 Å². The van der Waals surface area contributed by atoms with Crippen molar-refractivity contribution in [1.82, 2.24) is 9.55 Å². The first-order valence-corrected chi connectivity index (χ1v) is 4.36. The van der Waals surface area contributed by atoms with E-state index in [0.717, 1.165) is 12.2 Å². The summed E-state index contributed by atoms with van der Waals surface area (Å²) in [6, 6.07) is -0.285. The maximum Gasteiger partial charge on any atom is 0.235 e. The van der Waals surface area contributed by atoms with Crippen LogP contribution < -0.4 is 0 Å². The second kappa shape index (κ2) is 4.21. The zero-order valence-corrected chi connectivity index (χ0v) is 8.25. The van der Waals surface area contributed by atoms with Gasteiger partial charge in [-0.2, -0.15) is 4.99 Å². The van der Waals surface area contributed by atoms with Crippen LogP contribution in [0.1, 0.15) is 25.6 Å². The van der Waals surface area contributed by atoms with Gasteiger partial charge in [0.15, 0.2) is 5.15 Å². The predicted octanol–water partition coefficient (Wildman–Crippen LogP) is 1.95. The Morgan fingerprint density at radius 2 is 2.54 bits per heavy atom. The Morgan fingerprint density at radius 3 is 3.08 bits per heavy atom. The number of imidazole rings is 1. The van der Waals surface area contributed by atoms with Gasteiger partial charge in [-0.1, -0.05) is 11.6 Å². The van der Waals surface area contributed by atoms with E-state index in [-0.39, 0.29) is 6.04 Å². The molecule has 1 aromatic heterocycles. The Kier molecular flexibility index (Phi) is 3.23. The van der Waals surface area contributed by atoms with Crippen molar-refractivity contribution in [1.29, 1.82) is 0 Å². The largest absolute Gasteiger partial charge is 0.332 e. The summed E-state index contributed by atoms with van der Waals surface area (Å²) in [5, 5.41) is 0.397. The molecule has 13 heavy (non-hydrogen) atoms. The van der Waals surface area contributed by atoms with Gasteiger partial charge in [0.25, 0.3) is 0 Å². The Hall–Kier alpha value is -1.12. The molecule has 0 bridgehead atoms. The zero-order chi connectivity index (χ0) is 9.84. The summed E-state index contributed by atoms with van der Waals surface area (Å²) in [6.45, 7) is 4.51. The van der Waals surface area contributed by atoms with Crippen LogP contribution in [0.5, 0.6) is 0 Å². The molecule has 1 rings (SSSR count). The molecule has 1 heterocycles. The SMILES string of the molecule is CCn1cnc(Cl)c1C(C)N=C=O. The van der Waals surface area contributed by atoms with Crippen molar-refractivity contribution in [2.24, 2.45) is 4.99 Å². The lowest BCUT2D eigenvalue weighted by Crippen LogP contribution is -2.02. The molecule has 0 radical (unpaired) electrons. The smallest absolute Gasteiger partial charge is 0.235 e. The Labute approximate surface area is 81.3 Å². The number of nitrogens with zero attached hydrogens (tertiary/aromatic N) is 3. The first kappa shape index (κ1) is 9.96. The number of carbonyl (C=O) groups excluding carboxylic acids is 1. The van der Waals surface area contributed by atoms with Crippen molar-refractivity contribution >= 4 is 17.7 Å². The normalized spacial score (nSPS) is 12.2. The average Bonchev–Trinajstić information content (AvgIpc) is 2.47. The number of isocyanates is 1. The number of aryl methyl sites for hydroxylation is 1. The van der Waals surface area contributed by atoms with E-state index in [1.807, 2.05) is 11.5 Å². The van der Waals surface area contributed by atoms with Gasteiger partial charge in [-0.3, -0.25) is 0 Å². The number of hydrogen-bond acceptors (Lipinski definition) is 3. The molecule has 1 atom stereocenters. The maximum absolute atomic E-state index is 10.1. The van der Waals surface area contributed by atoms with E-state index < -0.39 is 0 Å². The van der Waals surface area contributed by atoms with Gasteiger partial charge in [0.05, 0.1) is 12.0 Å². The van der Waals surface area contributed by atoms with Crippen molar-refractivity contribution < 1.29 is 4.79 Å². The van der Waals surface area contributed by atoms with Crippen molar-refractivity contribution in [2.45, 2.75) is 26.4 Å². The molecule has 1 unspecified atom stereocenters. The van der Waals surface area contributed by atoms with Crippen LogP contribution in [0.3, 0.4) is 0 Å². The van der Waals surface area contributed by atoms with E-state index in [2.05, 4.69) is 9.98 Å². The minimum Gasteiger partial charge on any atom is -0.332 e. The van der Waals surface area contributed by atoms with Crippen molar-refractivity contribution in [3.05, 3.63) is 17.2 Å². The summed E-state index contributed by atoms with van der Waals surface area (Å²) in [4.78, 5) is 17.6. The van der Waals surface area contributed by atoms with E-state index in [0.29, 0.717) is 5.15 Å². The second-order valence-electron chi connectivity index (χ2n) is 2.60. The molecule has 0 aliphatic heterocycles. The molecule has 0 fully saturated rings. The molecule has 70 valence electrons. The molecular formula is C8H10ClN3O. The molecule has 5 heteroatoms. The third kappa shape index (κ3) is 1.97. The lowest BCUT2D eigenvalue weighted by Gasteiger charge is -2.07. The van der Waals surface area contributed by atoms with E-state index in [4.69, 9.17) is 11.6 Å². The second-order valence-corrected chi connectivity index (χ2v) is 2.96. The molecule has 1 aromatic rings. The first-order chi connectivity index (χ1) is 6.20. The number of hydrogen-bond donors (Lipinski definition) is 0. The van der Waals surface area contributed by atoms with E-state index >= 15 is 0 Å². The highest BCUT2D eigenvalue weighted by Crippen LogP contribution is 2.23. The molecule has 0 amide bonds. The molecular weight excluding hydrogens is 190 g/mol. The number of rotatable bonds is 3. The zero-order valence-electron chi connectivity index (χ0n) is 7.49. The van der Waals surface area contributed by atoms with E-state index in [1.54, 1.807) is 13.3 Å². The number of aromatic nitrogens is 2. The standard InChI is InChI=1S/C8H10ClN3O/c1-3-12-4-10-8(9)7(12)6(2)11-5-13/h4,6H,3H2,1-2H3. The fourth-order valence-corrected chi connectivity index (χ4v) is 1.48. The Balaban J connectivity index is 3.09. The molecule has 0 spiro atoms. The molecule has 0 aliphatic rings. The maximum atomic E-state index is 10.1. The summed E-state index contributed by atoms with van der Waals surface area (Å²) in [5.74, 6) is 0. The van der Waals surface area contributed by atoms with Gasteiger partial charge in [0.1, 0.15) is 6.04 Å². The monoisotopic (exact) mass is 199 g/mol. The minimum absolute atomic E-state index is 0.285. The van der Waals surface area contributed by atoms with Crippen LogP contribution in [-0.2, 0) is 11.3 Å². The summed E-state index contributed by atoms with van der Waals surface area (Å²) in [6.07, 6.45) is 3.14. The van der Waals surface area contributed by atoms with Gasteiger partial charge < -0.3 is 4.57 Å². The summed E-state index contributed by atoms with van der Waals surface area (Å²) < 4.78 is 1.86. The van der Waals surface area contributed by atoms with Crippen LogP contribution >= 0.6 is 11.6 Å². The summed E-state index contributed by atoms with van der Waals surface area (Å²) >= 11 is 5.83. The van der Waals surface area contributed by atoms with Crippen molar-refractivity contribution in [2.75, 3.05) is 0 Å². The van der Waals surface area contributed by atoms with Gasteiger partial charge in [0, 0.05) is 6.54 Å². The van der Waals surface area contributed by atoms with Gasteiger partial charge in [-0.25, -0.2) is 9.78 Å². The predicted molar refractivity (Wildman–Crippen MR) is 49.4 cm³/mol. The highest BCUT2D eigenvalue weighted by atomic mass is 35.5. The Morgan fingerprint density at radius 1 is 1.85 bits per heavy atom. The van der Waals surface area contributed by atoms with Crippen LogP contribution in [0.2, 0.25) is 5.15 Å². The number of aliphatic imine (C=N–C) groups is 1. The molecule has 0 saturated heterocycles. The molecule has 0 N–H and O–H groups in total. The van der Waals surface area contributed by atoms with Gasteiger partial charge in [-0.15, -0.1) is 0 Å². The van der Waals surface area contributed by atoms with Crippen LogP contribution in [0.25, 0.3) is 0 Å². The average molecular weight is 200 g/mol. The van der Waals surface area contributed by atoms with Crippen molar-refractivity contribution in [3.63, 3.8) is 0 Å². The highest BCUT2D eigenvalue weighted by molar-refractivity contribution is 6.30. The topological polar surface area (TPSA) is 47.2 Å². The molecule has 0 aliphatic carbocycles. The Bertz CT molecular complexity index is 341. The molecule has 0 saturated carbocycles. The highest BCUT2D eigenvalue weighted by Gasteiger charge is 2.14. The van der Waals surface area contributed by atoms with Gasteiger partial charge >= 0.3 is 0 Å². The van der Waals surface area contributed by atoms with Crippen LogP contribution in [0, 0.1) is 0 Å². The lowest BCUT2D eigenvalue weighted by molar-refractivity contribution is 0.556. The fraction of sp³-hybridized carbons (Fsp3) is 0.500. The quantitative estimate of drug-likeness (QED) is 0.552. The fourth-order valence-electron chi connectivity index (χ4n) is 1.17. The third-order valence-electron chi connectivity index (χ3n) is 1.81. The summed E-state index contributed by atoms with van der Waals surface area (Å²) in [5.41, 5.74) is 0.757. The van der Waals surface area contributed by atoms with E-state index in [9.17, 15) is 4.79 Å². The van der Waals surface area contributed by atoms with Crippen molar-refractivity contribution in [3.8, 4) is 0 Å². The first-order valence-electron chi connectivity index (χ1n) is 3.98. The van der Waals surface area contributed by atoms with Crippen LogP contribution in [0.15, 0.2) is 11.3 Å². The van der Waals surface area contributed by atoms with Crippen LogP contribution in [-0.4, -0.2) is 15.6 Å². The van der Waals surface area contributed by atoms with Gasteiger partial charge in [-0.05, 0) is 13.8 Å². The third-order valence-corrected chi connectivity index (χ3v) is 2.11. The molecule has 0 aromatic carbocycles. The number of halogens is 1. The van der Waals surface area contributed by atoms with Gasteiger partial charge in [0.2, 0.25) is 6.08 Å².